The molecular weight excluding hydrogens is 288 g/mol. The highest BCUT2D eigenvalue weighted by Crippen LogP contribution is 2.25. The lowest BCUT2D eigenvalue weighted by molar-refractivity contribution is -0.136. The maximum Gasteiger partial charge on any atom is 0.313 e. The Balaban J connectivity index is 1.97. The van der Waals surface area contributed by atoms with Crippen molar-refractivity contribution in [3.8, 4) is 11.5 Å². The highest BCUT2D eigenvalue weighted by atomic mass is 16.5. The van der Waals surface area contributed by atoms with E-state index in [-0.39, 0.29) is 6.54 Å². The Kier molecular flexibility index (Phi) is 5.02. The van der Waals surface area contributed by atoms with E-state index in [1.807, 2.05) is 0 Å². The van der Waals surface area contributed by atoms with E-state index in [2.05, 4.69) is 10.6 Å². The Morgan fingerprint density at radius 1 is 1.09 bits per heavy atom. The highest BCUT2D eigenvalue weighted by Gasteiger charge is 2.15. The summed E-state index contributed by atoms with van der Waals surface area (Å²) in [5.74, 6) is 0.0144. The molecule has 0 aliphatic carbocycles. The molecule has 7 nitrogen and oxygen atoms in total. The largest absolute Gasteiger partial charge is 0.497 e. The third-order valence-corrected chi connectivity index (χ3v) is 2.82. The number of hydrogen-bond donors (Lipinski definition) is 2. The quantitative estimate of drug-likeness (QED) is 0.818. The van der Waals surface area contributed by atoms with E-state index in [9.17, 15) is 9.59 Å². The van der Waals surface area contributed by atoms with Crippen molar-refractivity contribution in [1.29, 1.82) is 0 Å². The van der Waals surface area contributed by atoms with E-state index in [0.717, 1.165) is 0 Å². The monoisotopic (exact) mass is 304 g/mol. The van der Waals surface area contributed by atoms with E-state index in [1.54, 1.807) is 30.3 Å². The second-order valence-corrected chi connectivity index (χ2v) is 4.32. The first-order valence-corrected chi connectivity index (χ1v) is 6.47. The van der Waals surface area contributed by atoms with Gasteiger partial charge in [-0.15, -0.1) is 0 Å². The number of nitrogens with one attached hydrogen (secondary N) is 2. The predicted octanol–water partition coefficient (Wildman–Crippen LogP) is 1.55. The summed E-state index contributed by atoms with van der Waals surface area (Å²) in [6.45, 7) is 0.140. The fraction of sp³-hybridized carbons (Fsp3) is 0.200. The van der Waals surface area contributed by atoms with Crippen LogP contribution in [0.3, 0.4) is 0 Å². The van der Waals surface area contributed by atoms with Crippen molar-refractivity contribution in [3.63, 3.8) is 0 Å². The summed E-state index contributed by atoms with van der Waals surface area (Å²) in [6, 6.07) is 8.22. The molecule has 0 atom stereocenters. The van der Waals surface area contributed by atoms with Crippen LogP contribution in [0.5, 0.6) is 11.5 Å². The number of furan rings is 1. The molecule has 0 fully saturated rings. The lowest BCUT2D eigenvalue weighted by Gasteiger charge is -2.09. The summed E-state index contributed by atoms with van der Waals surface area (Å²) in [5, 5.41) is 4.93. The highest BCUT2D eigenvalue weighted by molar-refractivity contribution is 6.39. The van der Waals surface area contributed by atoms with Crippen LogP contribution in [0.25, 0.3) is 0 Å². The van der Waals surface area contributed by atoms with Gasteiger partial charge in [-0.1, -0.05) is 0 Å². The van der Waals surface area contributed by atoms with Crippen molar-refractivity contribution in [3.05, 3.63) is 42.4 Å². The molecule has 2 rings (SSSR count). The van der Waals surface area contributed by atoms with Crippen LogP contribution in [0, 0.1) is 0 Å². The van der Waals surface area contributed by atoms with Gasteiger partial charge in [-0.25, -0.2) is 0 Å². The van der Waals surface area contributed by atoms with E-state index in [4.69, 9.17) is 13.9 Å². The first kappa shape index (κ1) is 15.4. The normalized spacial score (nSPS) is 9.91. The van der Waals surface area contributed by atoms with Gasteiger partial charge in [-0.3, -0.25) is 9.59 Å². The van der Waals surface area contributed by atoms with Gasteiger partial charge in [0, 0.05) is 23.9 Å². The smallest absolute Gasteiger partial charge is 0.313 e. The number of anilines is 1. The van der Waals surface area contributed by atoms with Gasteiger partial charge in [0.05, 0.1) is 27.0 Å². The van der Waals surface area contributed by atoms with Gasteiger partial charge in [0.15, 0.2) is 0 Å². The Bertz CT molecular complexity index is 630. The lowest BCUT2D eigenvalue weighted by Crippen LogP contribution is -2.34. The number of carbonyl (C=O) groups excluding carboxylic acids is 2. The molecule has 116 valence electrons. The maximum atomic E-state index is 11.8. The van der Waals surface area contributed by atoms with Crippen molar-refractivity contribution in [2.45, 2.75) is 6.54 Å². The Morgan fingerprint density at radius 3 is 2.32 bits per heavy atom. The van der Waals surface area contributed by atoms with Gasteiger partial charge in [0.1, 0.15) is 17.3 Å². The fourth-order valence-electron chi connectivity index (χ4n) is 1.73. The summed E-state index contributed by atoms with van der Waals surface area (Å²) >= 11 is 0. The van der Waals surface area contributed by atoms with Gasteiger partial charge in [0.25, 0.3) is 0 Å². The standard InChI is InChI=1S/C15H16N2O5/c1-20-12-6-10(7-13(8-12)21-2)17-15(19)14(18)16-9-11-4-3-5-22-11/h3-8H,9H2,1-2H3,(H,16,18)(H,17,19). The van der Waals surface area contributed by atoms with Crippen LogP contribution in [0.4, 0.5) is 5.69 Å². The molecule has 1 aromatic carbocycles. The molecule has 0 aliphatic heterocycles. The second-order valence-electron chi connectivity index (χ2n) is 4.32. The van der Waals surface area contributed by atoms with Crippen molar-refractivity contribution >= 4 is 17.5 Å². The van der Waals surface area contributed by atoms with Crippen LogP contribution in [0.1, 0.15) is 5.76 Å². The summed E-state index contributed by atoms with van der Waals surface area (Å²) in [5.41, 5.74) is 0.398. The SMILES string of the molecule is COc1cc(NC(=O)C(=O)NCc2ccco2)cc(OC)c1. The Labute approximate surface area is 127 Å². The minimum absolute atomic E-state index is 0.140. The van der Waals surface area contributed by atoms with Gasteiger partial charge in [-0.05, 0) is 12.1 Å². The van der Waals surface area contributed by atoms with Crippen molar-refractivity contribution in [2.24, 2.45) is 0 Å². The van der Waals surface area contributed by atoms with Crippen LogP contribution in [-0.4, -0.2) is 26.0 Å². The van der Waals surface area contributed by atoms with Gasteiger partial charge < -0.3 is 24.5 Å². The molecule has 0 spiro atoms. The number of hydrogen-bond acceptors (Lipinski definition) is 5. The number of amides is 2. The molecule has 2 N–H and O–H groups in total. The number of carbonyl (C=O) groups is 2. The lowest BCUT2D eigenvalue weighted by atomic mass is 10.2. The van der Waals surface area contributed by atoms with Crippen molar-refractivity contribution < 1.29 is 23.5 Å². The van der Waals surface area contributed by atoms with Crippen LogP contribution in [0.2, 0.25) is 0 Å². The Morgan fingerprint density at radius 2 is 1.77 bits per heavy atom. The third-order valence-electron chi connectivity index (χ3n) is 2.82. The zero-order chi connectivity index (χ0) is 15.9. The molecule has 0 saturated carbocycles. The Hall–Kier alpha value is -2.96. The average molecular weight is 304 g/mol. The van der Waals surface area contributed by atoms with E-state index >= 15 is 0 Å². The molecule has 0 bridgehead atoms. The van der Waals surface area contributed by atoms with Gasteiger partial charge in [0.2, 0.25) is 0 Å². The molecule has 22 heavy (non-hydrogen) atoms. The topological polar surface area (TPSA) is 89.8 Å². The molecule has 1 heterocycles. The fourth-order valence-corrected chi connectivity index (χ4v) is 1.73. The van der Waals surface area contributed by atoms with E-state index in [0.29, 0.717) is 22.9 Å². The predicted molar refractivity (Wildman–Crippen MR) is 78.7 cm³/mol. The molecule has 0 saturated heterocycles. The van der Waals surface area contributed by atoms with E-state index < -0.39 is 11.8 Å². The van der Waals surface area contributed by atoms with Crippen molar-refractivity contribution in [1.82, 2.24) is 5.32 Å². The van der Waals surface area contributed by atoms with Crippen LogP contribution in [0.15, 0.2) is 41.0 Å². The van der Waals surface area contributed by atoms with Crippen LogP contribution < -0.4 is 20.1 Å². The summed E-state index contributed by atoms with van der Waals surface area (Å²) in [7, 11) is 2.99. The summed E-state index contributed by atoms with van der Waals surface area (Å²) in [6.07, 6.45) is 1.49. The minimum atomic E-state index is -0.790. The first-order valence-electron chi connectivity index (χ1n) is 6.47. The zero-order valence-electron chi connectivity index (χ0n) is 12.2. The number of methoxy groups -OCH3 is 2. The maximum absolute atomic E-state index is 11.8. The molecule has 0 radical (unpaired) electrons. The average Bonchev–Trinajstić information content (AvgIpc) is 3.05. The van der Waals surface area contributed by atoms with E-state index in [1.165, 1.54) is 20.5 Å². The van der Waals surface area contributed by atoms with Crippen LogP contribution in [-0.2, 0) is 16.1 Å². The van der Waals surface area contributed by atoms with Gasteiger partial charge in [-0.2, -0.15) is 0 Å². The zero-order valence-corrected chi connectivity index (χ0v) is 12.2. The molecule has 7 heteroatoms. The molecule has 0 aliphatic rings. The van der Waals surface area contributed by atoms with Crippen LogP contribution >= 0.6 is 0 Å². The summed E-state index contributed by atoms with van der Waals surface area (Å²) < 4.78 is 15.2. The van der Waals surface area contributed by atoms with Crippen molar-refractivity contribution in [2.75, 3.05) is 19.5 Å². The second kappa shape index (κ2) is 7.16. The summed E-state index contributed by atoms with van der Waals surface area (Å²) in [4.78, 5) is 23.6. The first-order chi connectivity index (χ1) is 10.6. The number of rotatable bonds is 5. The van der Waals surface area contributed by atoms with Gasteiger partial charge >= 0.3 is 11.8 Å². The number of benzene rings is 1. The molecule has 2 aromatic rings. The molecule has 2 amide bonds. The molecule has 0 unspecified atom stereocenters. The third kappa shape index (κ3) is 4.02. The number of ether oxygens (including phenoxy) is 2. The molecule has 1 aromatic heterocycles. The minimum Gasteiger partial charge on any atom is -0.497 e. The molecular formula is C15H16N2O5.